The summed E-state index contributed by atoms with van der Waals surface area (Å²) in [6.45, 7) is 5.33. The summed E-state index contributed by atoms with van der Waals surface area (Å²) in [6.07, 6.45) is 6.51. The van der Waals surface area contributed by atoms with Crippen molar-refractivity contribution in [2.24, 2.45) is 5.92 Å². The van der Waals surface area contributed by atoms with Crippen molar-refractivity contribution in [1.82, 2.24) is 10.2 Å². The molecule has 0 saturated carbocycles. The second-order valence-electron chi connectivity index (χ2n) is 6.83. The number of carbonyl (C=O) groups is 1. The predicted molar refractivity (Wildman–Crippen MR) is 96.9 cm³/mol. The molecule has 1 N–H and O–H groups in total. The number of nitrogens with zero attached hydrogens (tertiary/aromatic N) is 1. The molecule has 0 spiro atoms. The molecule has 128 valence electrons. The van der Waals surface area contributed by atoms with Gasteiger partial charge in [-0.3, -0.25) is 4.79 Å². The summed E-state index contributed by atoms with van der Waals surface area (Å²) in [5, 5.41) is 3.40. The normalized spacial score (nSPS) is 22.0. The van der Waals surface area contributed by atoms with E-state index in [9.17, 15) is 4.79 Å². The third-order valence-electron chi connectivity index (χ3n) is 5.35. The second-order valence-corrected chi connectivity index (χ2v) is 6.83. The first-order valence-electron chi connectivity index (χ1n) is 8.81. The largest absolute Gasteiger partial charge is 0.336 e. The highest BCUT2D eigenvalue weighted by atomic mass is 35.5. The highest BCUT2D eigenvalue weighted by Gasteiger charge is 2.30. The van der Waals surface area contributed by atoms with E-state index in [1.165, 1.54) is 24.0 Å². The Morgan fingerprint density at radius 3 is 2.70 bits per heavy atom. The molecule has 1 unspecified atom stereocenters. The molecule has 1 atom stereocenters. The fraction of sp³-hybridized carbons (Fsp3) is 0.632. The van der Waals surface area contributed by atoms with Gasteiger partial charge in [0.15, 0.2) is 0 Å². The first-order valence-corrected chi connectivity index (χ1v) is 8.81. The van der Waals surface area contributed by atoms with Crippen LogP contribution in [0.25, 0.3) is 0 Å². The monoisotopic (exact) mass is 336 g/mol. The summed E-state index contributed by atoms with van der Waals surface area (Å²) >= 11 is 0. The van der Waals surface area contributed by atoms with Gasteiger partial charge in [-0.2, -0.15) is 0 Å². The third-order valence-corrected chi connectivity index (χ3v) is 5.35. The maximum absolute atomic E-state index is 12.7. The van der Waals surface area contributed by atoms with Crippen LogP contribution in [0.4, 0.5) is 0 Å². The van der Waals surface area contributed by atoms with Crippen LogP contribution in [0.2, 0.25) is 0 Å². The summed E-state index contributed by atoms with van der Waals surface area (Å²) in [4.78, 5) is 14.8. The van der Waals surface area contributed by atoms with Crippen LogP contribution < -0.4 is 5.32 Å². The average molecular weight is 337 g/mol. The molecule has 1 aromatic carbocycles. The minimum absolute atomic E-state index is 0. The number of hydrogen-bond acceptors (Lipinski definition) is 2. The maximum Gasteiger partial charge on any atom is 0.223 e. The van der Waals surface area contributed by atoms with Crippen LogP contribution in [0.1, 0.15) is 55.7 Å². The molecule has 0 aliphatic carbocycles. The number of benzene rings is 1. The fourth-order valence-corrected chi connectivity index (χ4v) is 3.99. The van der Waals surface area contributed by atoms with Crippen LogP contribution in [-0.2, 0) is 4.79 Å². The molecular weight excluding hydrogens is 308 g/mol. The van der Waals surface area contributed by atoms with Crippen molar-refractivity contribution >= 4 is 18.3 Å². The zero-order valence-electron chi connectivity index (χ0n) is 14.1. The van der Waals surface area contributed by atoms with Gasteiger partial charge in [-0.25, -0.2) is 0 Å². The summed E-state index contributed by atoms with van der Waals surface area (Å²) in [5.74, 6) is 1.11. The highest BCUT2D eigenvalue weighted by Crippen LogP contribution is 2.34. The number of hydrogen-bond donors (Lipinski definition) is 1. The van der Waals surface area contributed by atoms with E-state index >= 15 is 0 Å². The van der Waals surface area contributed by atoms with Gasteiger partial charge in [-0.1, -0.05) is 24.3 Å². The third kappa shape index (κ3) is 4.48. The summed E-state index contributed by atoms with van der Waals surface area (Å²) in [5.41, 5.74) is 2.65. The van der Waals surface area contributed by atoms with E-state index in [4.69, 9.17) is 0 Å². The topological polar surface area (TPSA) is 32.3 Å². The van der Waals surface area contributed by atoms with Crippen molar-refractivity contribution in [3.05, 3.63) is 35.4 Å². The molecule has 2 aliphatic heterocycles. The predicted octanol–water partition coefficient (Wildman–Crippen LogP) is 3.86. The van der Waals surface area contributed by atoms with Crippen molar-refractivity contribution in [1.29, 1.82) is 0 Å². The van der Waals surface area contributed by atoms with Gasteiger partial charge < -0.3 is 10.2 Å². The fourth-order valence-electron chi connectivity index (χ4n) is 3.99. The first kappa shape index (κ1) is 18.3. The number of carbonyl (C=O) groups excluding carboxylic acids is 1. The molecule has 0 bridgehead atoms. The van der Waals surface area contributed by atoms with Gasteiger partial charge in [-0.15, -0.1) is 12.4 Å². The van der Waals surface area contributed by atoms with E-state index in [1.807, 2.05) is 0 Å². The second kappa shape index (κ2) is 8.70. The van der Waals surface area contributed by atoms with Gasteiger partial charge in [0.1, 0.15) is 0 Å². The van der Waals surface area contributed by atoms with Crippen molar-refractivity contribution < 1.29 is 4.79 Å². The van der Waals surface area contributed by atoms with Crippen LogP contribution in [-0.4, -0.2) is 30.4 Å². The van der Waals surface area contributed by atoms with E-state index in [0.717, 1.165) is 51.2 Å². The zero-order chi connectivity index (χ0) is 15.4. The lowest BCUT2D eigenvalue weighted by Crippen LogP contribution is -2.32. The zero-order valence-corrected chi connectivity index (χ0v) is 14.9. The molecule has 3 rings (SSSR count). The smallest absolute Gasteiger partial charge is 0.223 e. The lowest BCUT2D eigenvalue weighted by Gasteiger charge is -2.28. The Morgan fingerprint density at radius 2 is 1.96 bits per heavy atom. The summed E-state index contributed by atoms with van der Waals surface area (Å²) in [6, 6.07) is 8.83. The molecule has 23 heavy (non-hydrogen) atoms. The number of halogens is 1. The van der Waals surface area contributed by atoms with Crippen molar-refractivity contribution in [2.75, 3.05) is 19.6 Å². The van der Waals surface area contributed by atoms with Crippen molar-refractivity contribution in [3.63, 3.8) is 0 Å². The SMILES string of the molecule is Cc1ccccc1C1CCCN1C(=O)CCC1CCNCC1.Cl. The number of rotatable bonds is 4. The standard InChI is InChI=1S/C19H28N2O.ClH/c1-15-5-2-3-6-17(15)18-7-4-14-21(18)19(22)9-8-16-10-12-20-13-11-16;/h2-3,5-6,16,18,20H,4,7-14H2,1H3;1H. The molecule has 2 aliphatic rings. The van der Waals surface area contributed by atoms with Crippen LogP contribution in [0.3, 0.4) is 0 Å². The van der Waals surface area contributed by atoms with Gasteiger partial charge in [0.2, 0.25) is 5.91 Å². The molecule has 2 saturated heterocycles. The average Bonchev–Trinajstić information content (AvgIpc) is 3.03. The minimum Gasteiger partial charge on any atom is -0.336 e. The van der Waals surface area contributed by atoms with E-state index in [0.29, 0.717) is 11.9 Å². The number of nitrogens with one attached hydrogen (secondary N) is 1. The molecule has 2 heterocycles. The Morgan fingerprint density at radius 1 is 1.22 bits per heavy atom. The molecule has 0 aromatic heterocycles. The summed E-state index contributed by atoms with van der Waals surface area (Å²) in [7, 11) is 0. The molecule has 1 aromatic rings. The Hall–Kier alpha value is -1.06. The van der Waals surface area contributed by atoms with Gasteiger partial charge >= 0.3 is 0 Å². The lowest BCUT2D eigenvalue weighted by molar-refractivity contribution is -0.132. The Balaban J connectivity index is 0.00000192. The van der Waals surface area contributed by atoms with Crippen LogP contribution in [0.15, 0.2) is 24.3 Å². The highest BCUT2D eigenvalue weighted by molar-refractivity contribution is 5.85. The van der Waals surface area contributed by atoms with Gasteiger partial charge in [0, 0.05) is 13.0 Å². The maximum atomic E-state index is 12.7. The van der Waals surface area contributed by atoms with Gasteiger partial charge in [0.05, 0.1) is 6.04 Å². The van der Waals surface area contributed by atoms with Crippen molar-refractivity contribution in [3.8, 4) is 0 Å². The first-order chi connectivity index (χ1) is 10.8. The molecular formula is C19H29ClN2O. The molecule has 3 nitrogen and oxygen atoms in total. The van der Waals surface area contributed by atoms with E-state index in [1.54, 1.807) is 0 Å². The molecule has 2 fully saturated rings. The quantitative estimate of drug-likeness (QED) is 0.905. The van der Waals surface area contributed by atoms with Crippen LogP contribution in [0, 0.1) is 12.8 Å². The number of amides is 1. The molecule has 0 radical (unpaired) electrons. The van der Waals surface area contributed by atoms with E-state index in [2.05, 4.69) is 41.4 Å². The van der Waals surface area contributed by atoms with Crippen LogP contribution in [0.5, 0.6) is 0 Å². The molecule has 4 heteroatoms. The van der Waals surface area contributed by atoms with E-state index < -0.39 is 0 Å². The number of aryl methyl sites for hydroxylation is 1. The van der Waals surface area contributed by atoms with Crippen molar-refractivity contribution in [2.45, 2.75) is 51.5 Å². The Bertz CT molecular complexity index is 514. The Kier molecular flexibility index (Phi) is 6.91. The van der Waals surface area contributed by atoms with Crippen LogP contribution >= 0.6 is 12.4 Å². The van der Waals surface area contributed by atoms with Gasteiger partial charge in [0.25, 0.3) is 0 Å². The number of likely N-dealkylation sites (tertiary alicyclic amines) is 1. The van der Waals surface area contributed by atoms with Gasteiger partial charge in [-0.05, 0) is 69.2 Å². The lowest BCUT2D eigenvalue weighted by atomic mass is 9.92. The van der Waals surface area contributed by atoms with E-state index in [-0.39, 0.29) is 12.4 Å². The summed E-state index contributed by atoms with van der Waals surface area (Å²) < 4.78 is 0. The minimum atomic E-state index is 0. The Labute approximate surface area is 146 Å². The number of piperidine rings is 1. The molecule has 1 amide bonds.